The molecule has 2 aromatic carbocycles. The predicted octanol–water partition coefficient (Wildman–Crippen LogP) is 3.69. The van der Waals surface area contributed by atoms with E-state index < -0.39 is 0 Å². The molecule has 5 nitrogen and oxygen atoms in total. The van der Waals surface area contributed by atoms with Crippen molar-refractivity contribution in [2.45, 2.75) is 6.61 Å². The molecule has 0 aliphatic heterocycles. The summed E-state index contributed by atoms with van der Waals surface area (Å²) in [6.45, 7) is 1.59. The van der Waals surface area contributed by atoms with Crippen molar-refractivity contribution in [3.63, 3.8) is 0 Å². The SMILES string of the molecule is COc1ccc(/N=N/c2ccc(CO[C]=O)cc2)cc1. The molecule has 1 radical (unpaired) electrons. The Kier molecular flexibility index (Phi) is 4.83. The van der Waals surface area contributed by atoms with E-state index in [1.165, 1.54) is 6.47 Å². The van der Waals surface area contributed by atoms with Gasteiger partial charge in [-0.15, -0.1) is 0 Å². The molecule has 5 heteroatoms. The van der Waals surface area contributed by atoms with Gasteiger partial charge in [0.1, 0.15) is 12.4 Å². The lowest BCUT2D eigenvalue weighted by atomic mass is 10.2. The second kappa shape index (κ2) is 7.04. The molecule has 0 fully saturated rings. The van der Waals surface area contributed by atoms with Crippen molar-refractivity contribution in [1.29, 1.82) is 0 Å². The van der Waals surface area contributed by atoms with Gasteiger partial charge in [-0.25, -0.2) is 4.79 Å². The van der Waals surface area contributed by atoms with E-state index in [9.17, 15) is 4.79 Å². The Morgan fingerprint density at radius 1 is 0.950 bits per heavy atom. The Morgan fingerprint density at radius 3 is 2.00 bits per heavy atom. The highest BCUT2D eigenvalue weighted by Gasteiger charge is 1.95. The Bertz CT molecular complexity index is 577. The molecular formula is C15H13N2O3. The zero-order valence-electron chi connectivity index (χ0n) is 10.9. The largest absolute Gasteiger partial charge is 0.497 e. The second-order valence-corrected chi connectivity index (χ2v) is 3.94. The summed E-state index contributed by atoms with van der Waals surface area (Å²) >= 11 is 0. The van der Waals surface area contributed by atoms with Gasteiger partial charge in [-0.05, 0) is 42.0 Å². The highest BCUT2D eigenvalue weighted by Crippen LogP contribution is 2.21. The van der Waals surface area contributed by atoms with E-state index in [1.54, 1.807) is 19.2 Å². The minimum atomic E-state index is 0.208. The van der Waals surface area contributed by atoms with E-state index in [0.717, 1.165) is 22.7 Å². The summed E-state index contributed by atoms with van der Waals surface area (Å²) in [5.74, 6) is 0.778. The maximum atomic E-state index is 9.96. The summed E-state index contributed by atoms with van der Waals surface area (Å²) in [6.07, 6.45) is 0. The minimum Gasteiger partial charge on any atom is -0.497 e. The van der Waals surface area contributed by atoms with E-state index >= 15 is 0 Å². The van der Waals surface area contributed by atoms with Crippen molar-refractivity contribution in [2.75, 3.05) is 7.11 Å². The number of rotatable bonds is 6. The number of carbonyl (C=O) groups excluding carboxylic acids is 1. The van der Waals surface area contributed by atoms with Crippen molar-refractivity contribution in [1.82, 2.24) is 0 Å². The van der Waals surface area contributed by atoms with Gasteiger partial charge in [0.25, 0.3) is 0 Å². The number of benzene rings is 2. The summed E-state index contributed by atoms with van der Waals surface area (Å²) < 4.78 is 9.60. The van der Waals surface area contributed by atoms with Gasteiger partial charge in [-0.1, -0.05) is 12.1 Å². The van der Waals surface area contributed by atoms with Crippen LogP contribution in [0.15, 0.2) is 58.8 Å². The predicted molar refractivity (Wildman–Crippen MR) is 74.1 cm³/mol. The molecule has 0 spiro atoms. The number of hydrogen-bond acceptors (Lipinski definition) is 5. The van der Waals surface area contributed by atoms with E-state index in [-0.39, 0.29) is 6.61 Å². The summed E-state index contributed by atoms with van der Waals surface area (Å²) in [6, 6.07) is 14.5. The zero-order valence-corrected chi connectivity index (χ0v) is 10.9. The first kappa shape index (κ1) is 13.7. The number of ether oxygens (including phenoxy) is 2. The summed E-state index contributed by atoms with van der Waals surface area (Å²) in [4.78, 5) is 9.96. The lowest BCUT2D eigenvalue weighted by Gasteiger charge is -1.99. The molecule has 0 bridgehead atoms. The molecule has 101 valence electrons. The highest BCUT2D eigenvalue weighted by molar-refractivity contribution is 5.43. The van der Waals surface area contributed by atoms with Crippen LogP contribution in [0.3, 0.4) is 0 Å². The Labute approximate surface area is 116 Å². The maximum Gasteiger partial charge on any atom is 0.417 e. The van der Waals surface area contributed by atoms with E-state index in [1.807, 2.05) is 36.4 Å². The van der Waals surface area contributed by atoms with E-state index in [2.05, 4.69) is 15.0 Å². The van der Waals surface area contributed by atoms with Crippen LogP contribution in [-0.4, -0.2) is 13.6 Å². The minimum absolute atomic E-state index is 0.208. The number of azo groups is 1. The van der Waals surface area contributed by atoms with Crippen molar-refractivity contribution in [2.24, 2.45) is 10.2 Å². The van der Waals surface area contributed by atoms with Crippen LogP contribution in [0.1, 0.15) is 5.56 Å². The summed E-state index contributed by atoms with van der Waals surface area (Å²) in [5.41, 5.74) is 2.34. The molecule has 0 aliphatic carbocycles. The molecule has 0 unspecified atom stereocenters. The third kappa shape index (κ3) is 3.91. The van der Waals surface area contributed by atoms with Gasteiger partial charge < -0.3 is 9.47 Å². The van der Waals surface area contributed by atoms with Crippen molar-refractivity contribution < 1.29 is 14.3 Å². The lowest BCUT2D eigenvalue weighted by Crippen LogP contribution is -1.88. The molecule has 0 aromatic heterocycles. The number of hydrogen-bond donors (Lipinski definition) is 0. The Morgan fingerprint density at radius 2 is 1.50 bits per heavy atom. The fourth-order valence-electron chi connectivity index (χ4n) is 1.54. The second-order valence-electron chi connectivity index (χ2n) is 3.94. The van der Waals surface area contributed by atoms with Crippen LogP contribution in [0.5, 0.6) is 5.75 Å². The summed E-state index contributed by atoms with van der Waals surface area (Å²) in [5, 5.41) is 8.24. The van der Waals surface area contributed by atoms with Crippen LogP contribution in [0.2, 0.25) is 0 Å². The molecule has 2 rings (SSSR count). The van der Waals surface area contributed by atoms with Gasteiger partial charge in [0, 0.05) is 0 Å². The smallest absolute Gasteiger partial charge is 0.417 e. The third-order valence-corrected chi connectivity index (χ3v) is 2.59. The van der Waals surface area contributed by atoms with Crippen molar-refractivity contribution in [3.05, 3.63) is 54.1 Å². The zero-order chi connectivity index (χ0) is 14.2. The summed E-state index contributed by atoms with van der Waals surface area (Å²) in [7, 11) is 1.62. The molecular weight excluding hydrogens is 256 g/mol. The lowest BCUT2D eigenvalue weighted by molar-refractivity contribution is 0.267. The van der Waals surface area contributed by atoms with Crippen molar-refractivity contribution in [3.8, 4) is 5.75 Å². The monoisotopic (exact) mass is 269 g/mol. The van der Waals surface area contributed by atoms with Crippen molar-refractivity contribution >= 4 is 17.8 Å². The van der Waals surface area contributed by atoms with Gasteiger partial charge in [-0.2, -0.15) is 10.2 Å². The Hall–Kier alpha value is -2.69. The fourth-order valence-corrected chi connectivity index (χ4v) is 1.54. The van der Waals surface area contributed by atoms with Crippen LogP contribution >= 0.6 is 0 Å². The first-order valence-corrected chi connectivity index (χ1v) is 5.95. The topological polar surface area (TPSA) is 60.3 Å². The van der Waals surface area contributed by atoms with Gasteiger partial charge in [-0.3, -0.25) is 0 Å². The molecule has 0 heterocycles. The number of nitrogens with zero attached hydrogens (tertiary/aromatic N) is 2. The third-order valence-electron chi connectivity index (χ3n) is 2.59. The molecule has 0 N–H and O–H groups in total. The van der Waals surface area contributed by atoms with Crippen LogP contribution in [0.25, 0.3) is 0 Å². The maximum absolute atomic E-state index is 9.96. The van der Waals surface area contributed by atoms with Crippen LogP contribution in [-0.2, 0) is 16.1 Å². The fraction of sp³-hybridized carbons (Fsp3) is 0.133. The quantitative estimate of drug-likeness (QED) is 0.751. The Balaban J connectivity index is 2.01. The number of methoxy groups -OCH3 is 1. The van der Waals surface area contributed by atoms with E-state index in [4.69, 9.17) is 4.74 Å². The van der Waals surface area contributed by atoms with Gasteiger partial charge in [0.15, 0.2) is 0 Å². The van der Waals surface area contributed by atoms with Crippen LogP contribution in [0, 0.1) is 0 Å². The molecule has 20 heavy (non-hydrogen) atoms. The molecule has 0 saturated heterocycles. The average molecular weight is 269 g/mol. The molecule has 0 atom stereocenters. The molecule has 0 saturated carbocycles. The molecule has 0 amide bonds. The first-order chi connectivity index (χ1) is 9.81. The van der Waals surface area contributed by atoms with Gasteiger partial charge in [0.05, 0.1) is 18.5 Å². The highest BCUT2D eigenvalue weighted by atomic mass is 16.5. The standard InChI is InChI=1S/C15H13N2O3/c1-19-15-8-6-14(7-9-15)17-16-13-4-2-12(3-5-13)10-20-11-18/h2-9H,10H2,1H3/b17-16+. The van der Waals surface area contributed by atoms with E-state index in [0.29, 0.717) is 0 Å². The van der Waals surface area contributed by atoms with Crippen LogP contribution < -0.4 is 4.74 Å². The van der Waals surface area contributed by atoms with Gasteiger partial charge >= 0.3 is 6.47 Å². The first-order valence-electron chi connectivity index (χ1n) is 5.95. The normalized spacial score (nSPS) is 10.4. The molecule has 0 aliphatic rings. The average Bonchev–Trinajstić information content (AvgIpc) is 2.52. The van der Waals surface area contributed by atoms with Gasteiger partial charge in [0.2, 0.25) is 0 Å². The van der Waals surface area contributed by atoms with Crippen LogP contribution in [0.4, 0.5) is 11.4 Å². The molecule has 2 aromatic rings.